The molecule has 0 radical (unpaired) electrons. The Labute approximate surface area is 169 Å². The summed E-state index contributed by atoms with van der Waals surface area (Å²) in [6.07, 6.45) is 3.12. The molecule has 0 bridgehead atoms. The zero-order valence-corrected chi connectivity index (χ0v) is 17.3. The van der Waals surface area contributed by atoms with Gasteiger partial charge < -0.3 is 5.11 Å². The number of aliphatic imine (C=N–C) groups is 1. The monoisotopic (exact) mass is 479 g/mol. The van der Waals surface area contributed by atoms with Crippen molar-refractivity contribution < 1.29 is 14.7 Å². The fourth-order valence-electron chi connectivity index (χ4n) is 2.35. The lowest BCUT2D eigenvalue weighted by atomic mass is 10.0. The first-order valence-electron chi connectivity index (χ1n) is 8.20. The maximum absolute atomic E-state index is 12.0. The number of Topliss-reactive ketones (excluding diaryl/α,β-unsaturated/α-hetero) is 2. The summed E-state index contributed by atoms with van der Waals surface area (Å²) in [4.78, 5) is 27.9. The van der Waals surface area contributed by atoms with E-state index in [0.29, 0.717) is 31.2 Å². The van der Waals surface area contributed by atoms with Crippen molar-refractivity contribution in [3.8, 4) is 5.75 Å². The van der Waals surface area contributed by atoms with E-state index >= 15 is 0 Å². The molecule has 0 unspecified atom stereocenters. The van der Waals surface area contributed by atoms with Gasteiger partial charge in [-0.2, -0.15) is 0 Å². The van der Waals surface area contributed by atoms with E-state index in [0.717, 1.165) is 14.5 Å². The lowest BCUT2D eigenvalue weighted by molar-refractivity contribution is -0.119. The second kappa shape index (κ2) is 10.4. The van der Waals surface area contributed by atoms with Gasteiger partial charge in [0.15, 0.2) is 5.78 Å². The second-order valence-corrected chi connectivity index (χ2v) is 7.74. The van der Waals surface area contributed by atoms with Crippen molar-refractivity contribution in [1.29, 1.82) is 0 Å². The number of carbonyl (C=O) groups excluding carboxylic acids is 2. The molecule has 2 rings (SSSR count). The zero-order valence-electron chi connectivity index (χ0n) is 14.1. The van der Waals surface area contributed by atoms with Crippen LogP contribution in [0.4, 0.5) is 0 Å². The van der Waals surface area contributed by atoms with Crippen LogP contribution in [0.5, 0.6) is 5.75 Å². The molecule has 0 saturated carbocycles. The molecule has 0 saturated heterocycles. The molecule has 26 heavy (non-hydrogen) atoms. The molecule has 0 atom stereocenters. The fourth-order valence-corrected chi connectivity index (χ4v) is 3.00. The largest absolute Gasteiger partial charge is 0.507 e. The molecule has 0 fully saturated rings. The Morgan fingerprint density at radius 2 is 1.62 bits per heavy atom. The van der Waals surface area contributed by atoms with E-state index in [2.05, 4.69) is 36.9 Å². The zero-order chi connectivity index (χ0) is 18.9. The summed E-state index contributed by atoms with van der Waals surface area (Å²) < 4.78 is 1.81. The predicted molar refractivity (Wildman–Crippen MR) is 110 cm³/mol. The smallest absolute Gasteiger partial charge is 0.154 e. The maximum Gasteiger partial charge on any atom is 0.154 e. The number of carbonyl (C=O) groups is 2. The van der Waals surface area contributed by atoms with Gasteiger partial charge in [0.1, 0.15) is 11.5 Å². The van der Waals surface area contributed by atoms with Crippen molar-refractivity contribution in [2.45, 2.75) is 25.7 Å². The van der Waals surface area contributed by atoms with Crippen LogP contribution in [-0.4, -0.2) is 29.4 Å². The van der Waals surface area contributed by atoms with Crippen molar-refractivity contribution in [2.24, 2.45) is 4.99 Å². The lowest BCUT2D eigenvalue weighted by Gasteiger charge is -2.02. The van der Waals surface area contributed by atoms with Gasteiger partial charge in [-0.1, -0.05) is 44.0 Å². The minimum Gasteiger partial charge on any atom is -0.507 e. The number of phenolic OH excluding ortho intramolecular Hbond substituents is 1. The van der Waals surface area contributed by atoms with Crippen LogP contribution in [0, 0.1) is 0 Å². The number of hydrogen-bond donors (Lipinski definition) is 1. The van der Waals surface area contributed by atoms with Crippen LogP contribution in [0.15, 0.2) is 56.4 Å². The Morgan fingerprint density at radius 3 is 2.35 bits per heavy atom. The fraction of sp³-hybridized carbons (Fsp3) is 0.250. The Balaban J connectivity index is 1.70. The van der Waals surface area contributed by atoms with Crippen LogP contribution in [-0.2, 0) is 16.0 Å². The number of rotatable bonds is 9. The minimum atomic E-state index is -0.0211. The predicted octanol–water partition coefficient (Wildman–Crippen LogP) is 4.89. The number of ketones is 2. The third kappa shape index (κ3) is 7.22. The number of aromatic hydroxyl groups is 1. The second-order valence-electron chi connectivity index (χ2n) is 5.91. The molecule has 0 aromatic heterocycles. The van der Waals surface area contributed by atoms with Crippen molar-refractivity contribution in [2.75, 3.05) is 6.54 Å². The Hall–Kier alpha value is -1.79. The van der Waals surface area contributed by atoms with Gasteiger partial charge >= 0.3 is 0 Å². The summed E-state index contributed by atoms with van der Waals surface area (Å²) in [5.74, 6) is 0.220. The molecule has 1 N–H and O–H groups in total. The van der Waals surface area contributed by atoms with Crippen LogP contribution in [0.3, 0.4) is 0 Å². The first kappa shape index (κ1) is 20.5. The SMILES string of the molecule is O=C(CCCC(=O)Cc1ccc(Br)cc1)CN=Cc1cc(Br)ccc1O. The molecule has 0 aliphatic carbocycles. The van der Waals surface area contributed by atoms with Crippen molar-refractivity contribution in [1.82, 2.24) is 0 Å². The molecule has 4 nitrogen and oxygen atoms in total. The molecule has 0 heterocycles. The third-order valence-corrected chi connectivity index (χ3v) is 4.74. The average molecular weight is 481 g/mol. The molecule has 2 aromatic carbocycles. The highest BCUT2D eigenvalue weighted by atomic mass is 79.9. The first-order valence-corrected chi connectivity index (χ1v) is 9.79. The van der Waals surface area contributed by atoms with Gasteiger partial charge in [-0.05, 0) is 42.3 Å². The highest BCUT2D eigenvalue weighted by Crippen LogP contribution is 2.20. The van der Waals surface area contributed by atoms with Gasteiger partial charge in [0.2, 0.25) is 0 Å². The van der Waals surface area contributed by atoms with Gasteiger partial charge in [-0.25, -0.2) is 0 Å². The molecular weight excluding hydrogens is 462 g/mol. The third-order valence-electron chi connectivity index (χ3n) is 3.71. The average Bonchev–Trinajstić information content (AvgIpc) is 2.60. The highest BCUT2D eigenvalue weighted by molar-refractivity contribution is 9.10. The van der Waals surface area contributed by atoms with Crippen molar-refractivity contribution >= 4 is 49.6 Å². The molecule has 136 valence electrons. The van der Waals surface area contributed by atoms with E-state index in [1.54, 1.807) is 18.2 Å². The number of hydrogen-bond acceptors (Lipinski definition) is 4. The standard InChI is InChI=1S/C20H19Br2NO3/c21-16-6-4-14(5-7-16)10-18(24)2-1-3-19(25)13-23-12-15-11-17(22)8-9-20(15)26/h4-9,11-12,26H,1-3,10,13H2. The Kier molecular flexibility index (Phi) is 8.19. The van der Waals surface area contributed by atoms with E-state index in [-0.39, 0.29) is 23.9 Å². The summed E-state index contributed by atoms with van der Waals surface area (Å²) in [6, 6.07) is 12.7. The summed E-state index contributed by atoms with van der Waals surface area (Å²) in [5.41, 5.74) is 1.53. The number of benzene rings is 2. The summed E-state index contributed by atoms with van der Waals surface area (Å²) in [5, 5.41) is 9.70. The topological polar surface area (TPSA) is 66.7 Å². The van der Waals surface area contributed by atoms with Crippen LogP contribution >= 0.6 is 31.9 Å². The quantitative estimate of drug-likeness (QED) is 0.519. The van der Waals surface area contributed by atoms with E-state index in [1.165, 1.54) is 6.21 Å². The van der Waals surface area contributed by atoms with Gasteiger partial charge in [-0.15, -0.1) is 0 Å². The van der Waals surface area contributed by atoms with Crippen LogP contribution in [0.25, 0.3) is 0 Å². The normalized spacial score (nSPS) is 11.0. The van der Waals surface area contributed by atoms with Crippen molar-refractivity contribution in [3.63, 3.8) is 0 Å². The molecule has 2 aromatic rings. The van der Waals surface area contributed by atoms with E-state index in [4.69, 9.17) is 0 Å². The van der Waals surface area contributed by atoms with E-state index in [1.807, 2.05) is 24.3 Å². The Morgan fingerprint density at radius 1 is 0.962 bits per heavy atom. The first-order chi connectivity index (χ1) is 12.4. The van der Waals surface area contributed by atoms with Crippen LogP contribution in [0.1, 0.15) is 30.4 Å². The van der Waals surface area contributed by atoms with Gasteiger partial charge in [0, 0.05) is 40.0 Å². The van der Waals surface area contributed by atoms with Gasteiger partial charge in [0.05, 0.1) is 6.54 Å². The Bertz CT molecular complexity index is 801. The highest BCUT2D eigenvalue weighted by Gasteiger charge is 2.07. The minimum absolute atomic E-state index is 0.0211. The molecule has 0 aliphatic heterocycles. The summed E-state index contributed by atoms with van der Waals surface area (Å²) in [7, 11) is 0. The maximum atomic E-state index is 12.0. The lowest BCUT2D eigenvalue weighted by Crippen LogP contribution is -2.06. The molecule has 0 spiro atoms. The van der Waals surface area contributed by atoms with Crippen LogP contribution < -0.4 is 0 Å². The summed E-state index contributed by atoms with van der Waals surface area (Å²) in [6.45, 7) is 0.0485. The molecule has 6 heteroatoms. The van der Waals surface area contributed by atoms with E-state index in [9.17, 15) is 14.7 Å². The van der Waals surface area contributed by atoms with Crippen molar-refractivity contribution in [3.05, 3.63) is 62.5 Å². The number of phenols is 1. The molecule has 0 amide bonds. The van der Waals surface area contributed by atoms with Gasteiger partial charge in [-0.3, -0.25) is 14.6 Å². The van der Waals surface area contributed by atoms with Crippen LogP contribution in [0.2, 0.25) is 0 Å². The molecular formula is C20H19Br2NO3. The number of halogens is 2. The van der Waals surface area contributed by atoms with E-state index < -0.39 is 0 Å². The molecule has 0 aliphatic rings. The number of nitrogens with zero attached hydrogens (tertiary/aromatic N) is 1. The van der Waals surface area contributed by atoms with Gasteiger partial charge in [0.25, 0.3) is 0 Å². The summed E-state index contributed by atoms with van der Waals surface area (Å²) >= 11 is 6.68.